The molecular formula is C24H23NO7. The highest BCUT2D eigenvalue weighted by Crippen LogP contribution is 2.29. The SMILES string of the molecule is CCC(=O)c1cc2c(o1)C(=O)c1ccccc1C2=O.O=COCC#CCN1CCOCC1. The summed E-state index contributed by atoms with van der Waals surface area (Å²) in [5.74, 6) is 4.87. The molecule has 2 aliphatic rings. The Hall–Kier alpha value is -3.54. The molecule has 0 radical (unpaired) electrons. The summed E-state index contributed by atoms with van der Waals surface area (Å²) in [6.07, 6.45) is 0.266. The third kappa shape index (κ3) is 5.38. The largest absolute Gasteiger partial charge is 0.455 e. The lowest BCUT2D eigenvalue weighted by Gasteiger charge is -2.24. The normalized spacial score (nSPS) is 14.8. The standard InChI is InChI=1S/C15H10O4.C9H13NO3/c1-2-11(16)12-7-10-13(17)8-5-3-4-6-9(8)14(18)15(10)19-12;11-9-13-6-2-1-3-10-4-7-12-8-5-10/h3-7H,2H2,1H3;9H,3-8H2. The van der Waals surface area contributed by atoms with E-state index >= 15 is 0 Å². The van der Waals surface area contributed by atoms with Gasteiger partial charge in [0.2, 0.25) is 5.78 Å². The molecule has 0 atom stereocenters. The third-order valence-corrected chi connectivity index (χ3v) is 4.95. The number of carbonyl (C=O) groups excluding carboxylic acids is 4. The highest BCUT2D eigenvalue weighted by atomic mass is 16.5. The molecular weight excluding hydrogens is 414 g/mol. The predicted molar refractivity (Wildman–Crippen MR) is 114 cm³/mol. The Morgan fingerprint density at radius 2 is 1.78 bits per heavy atom. The van der Waals surface area contributed by atoms with E-state index in [1.54, 1.807) is 31.2 Å². The number of furan rings is 1. The average Bonchev–Trinajstić information content (AvgIpc) is 3.29. The fraction of sp³-hybridized carbons (Fsp3) is 0.333. The van der Waals surface area contributed by atoms with Crippen molar-refractivity contribution in [3.63, 3.8) is 0 Å². The minimum atomic E-state index is -0.347. The summed E-state index contributed by atoms with van der Waals surface area (Å²) < 4.78 is 14.9. The molecule has 1 aromatic heterocycles. The molecule has 1 aromatic carbocycles. The molecule has 2 aromatic rings. The van der Waals surface area contributed by atoms with Crippen LogP contribution in [0.3, 0.4) is 0 Å². The molecule has 166 valence electrons. The van der Waals surface area contributed by atoms with Gasteiger partial charge in [0.1, 0.15) is 0 Å². The molecule has 0 unspecified atom stereocenters. The maximum atomic E-state index is 12.3. The van der Waals surface area contributed by atoms with E-state index in [0.29, 0.717) is 17.6 Å². The van der Waals surface area contributed by atoms with E-state index in [1.165, 1.54) is 6.07 Å². The minimum absolute atomic E-state index is 0.0273. The Labute approximate surface area is 185 Å². The number of hydrogen-bond acceptors (Lipinski definition) is 8. The van der Waals surface area contributed by atoms with Crippen LogP contribution in [-0.2, 0) is 14.3 Å². The molecule has 4 rings (SSSR count). The molecule has 1 fully saturated rings. The number of rotatable bonds is 5. The quantitative estimate of drug-likeness (QED) is 0.259. The molecule has 1 saturated heterocycles. The predicted octanol–water partition coefficient (Wildman–Crippen LogP) is 2.14. The smallest absolute Gasteiger partial charge is 0.294 e. The van der Waals surface area contributed by atoms with Crippen LogP contribution in [0.15, 0.2) is 34.7 Å². The van der Waals surface area contributed by atoms with Gasteiger partial charge in [-0.2, -0.15) is 0 Å². The highest BCUT2D eigenvalue weighted by molar-refractivity contribution is 6.27. The Balaban J connectivity index is 0.000000195. The van der Waals surface area contributed by atoms with Gasteiger partial charge in [0, 0.05) is 30.6 Å². The number of nitrogens with zero attached hydrogens (tertiary/aromatic N) is 1. The van der Waals surface area contributed by atoms with Crippen molar-refractivity contribution in [3.8, 4) is 11.8 Å². The van der Waals surface area contributed by atoms with Crippen LogP contribution in [0.5, 0.6) is 0 Å². The summed E-state index contributed by atoms with van der Waals surface area (Å²) in [5.41, 5.74) is 0.863. The van der Waals surface area contributed by atoms with E-state index in [2.05, 4.69) is 21.5 Å². The molecule has 1 aliphatic carbocycles. The van der Waals surface area contributed by atoms with Gasteiger partial charge in [-0.3, -0.25) is 24.1 Å². The highest BCUT2D eigenvalue weighted by Gasteiger charge is 2.34. The van der Waals surface area contributed by atoms with Crippen molar-refractivity contribution < 1.29 is 33.1 Å². The van der Waals surface area contributed by atoms with Crippen LogP contribution in [0.2, 0.25) is 0 Å². The van der Waals surface area contributed by atoms with Crippen LogP contribution in [0.4, 0.5) is 0 Å². The maximum Gasteiger partial charge on any atom is 0.294 e. The Morgan fingerprint density at radius 1 is 1.09 bits per heavy atom. The van der Waals surface area contributed by atoms with E-state index in [9.17, 15) is 19.2 Å². The van der Waals surface area contributed by atoms with Gasteiger partial charge in [0.05, 0.1) is 25.3 Å². The fourth-order valence-corrected chi connectivity index (χ4v) is 3.24. The van der Waals surface area contributed by atoms with Crippen LogP contribution in [-0.4, -0.2) is 68.2 Å². The van der Waals surface area contributed by atoms with E-state index in [4.69, 9.17) is 9.15 Å². The Kier molecular flexibility index (Phi) is 8.08. The van der Waals surface area contributed by atoms with Gasteiger partial charge in [-0.1, -0.05) is 43.0 Å². The molecule has 0 saturated carbocycles. The van der Waals surface area contributed by atoms with Gasteiger partial charge < -0.3 is 13.9 Å². The average molecular weight is 437 g/mol. The molecule has 2 heterocycles. The summed E-state index contributed by atoms with van der Waals surface area (Å²) in [6, 6.07) is 7.95. The van der Waals surface area contributed by atoms with Crippen molar-refractivity contribution in [1.29, 1.82) is 0 Å². The fourth-order valence-electron chi connectivity index (χ4n) is 3.24. The number of morpholine rings is 1. The van der Waals surface area contributed by atoms with Crippen molar-refractivity contribution in [3.05, 3.63) is 58.5 Å². The molecule has 0 N–H and O–H groups in total. The van der Waals surface area contributed by atoms with E-state index in [-0.39, 0.29) is 47.5 Å². The minimum Gasteiger partial charge on any atom is -0.455 e. The van der Waals surface area contributed by atoms with Crippen LogP contribution in [0, 0.1) is 11.8 Å². The van der Waals surface area contributed by atoms with Gasteiger partial charge in [-0.25, -0.2) is 0 Å². The van der Waals surface area contributed by atoms with Gasteiger partial charge in [-0.05, 0) is 6.07 Å². The Bertz CT molecular complexity index is 1020. The van der Waals surface area contributed by atoms with E-state index in [0.717, 1.165) is 32.8 Å². The molecule has 1 aliphatic heterocycles. The first kappa shape index (κ1) is 23.1. The van der Waals surface area contributed by atoms with Crippen molar-refractivity contribution >= 4 is 23.8 Å². The number of Topliss-reactive ketones (excluding diaryl/α,β-unsaturated/α-hetero) is 1. The molecule has 0 spiro atoms. The lowest BCUT2D eigenvalue weighted by Crippen LogP contribution is -2.36. The first-order valence-corrected chi connectivity index (χ1v) is 10.2. The second kappa shape index (κ2) is 11.2. The van der Waals surface area contributed by atoms with Gasteiger partial charge >= 0.3 is 0 Å². The molecule has 0 amide bonds. The van der Waals surface area contributed by atoms with Crippen LogP contribution >= 0.6 is 0 Å². The van der Waals surface area contributed by atoms with Crippen molar-refractivity contribution in [1.82, 2.24) is 4.90 Å². The zero-order chi connectivity index (χ0) is 22.9. The topological polar surface area (TPSA) is 103 Å². The molecule has 8 heteroatoms. The summed E-state index contributed by atoms with van der Waals surface area (Å²) in [6.45, 7) is 6.45. The van der Waals surface area contributed by atoms with Gasteiger partial charge in [0.15, 0.2) is 29.7 Å². The second-order valence-corrected chi connectivity index (χ2v) is 6.98. The number of ether oxygens (including phenoxy) is 2. The molecule has 8 nitrogen and oxygen atoms in total. The van der Waals surface area contributed by atoms with E-state index < -0.39 is 0 Å². The summed E-state index contributed by atoms with van der Waals surface area (Å²) >= 11 is 0. The van der Waals surface area contributed by atoms with Crippen molar-refractivity contribution in [2.75, 3.05) is 39.5 Å². The number of fused-ring (bicyclic) bond motifs is 2. The molecule has 32 heavy (non-hydrogen) atoms. The number of benzene rings is 1. The van der Waals surface area contributed by atoms with E-state index in [1.807, 2.05) is 0 Å². The van der Waals surface area contributed by atoms with Crippen LogP contribution in [0.25, 0.3) is 0 Å². The number of hydrogen-bond donors (Lipinski definition) is 0. The van der Waals surface area contributed by atoms with Crippen LogP contribution < -0.4 is 0 Å². The number of ketones is 3. The summed E-state index contributed by atoms with van der Waals surface area (Å²) in [4.78, 5) is 48.0. The zero-order valence-electron chi connectivity index (χ0n) is 17.7. The van der Waals surface area contributed by atoms with Crippen molar-refractivity contribution in [2.24, 2.45) is 0 Å². The van der Waals surface area contributed by atoms with Crippen molar-refractivity contribution in [2.45, 2.75) is 13.3 Å². The first-order valence-electron chi connectivity index (χ1n) is 10.2. The second-order valence-electron chi connectivity index (χ2n) is 6.98. The zero-order valence-corrected chi connectivity index (χ0v) is 17.7. The summed E-state index contributed by atoms with van der Waals surface area (Å²) in [5, 5.41) is 0. The monoisotopic (exact) mass is 437 g/mol. The number of carbonyl (C=O) groups is 4. The Morgan fingerprint density at radius 3 is 2.44 bits per heavy atom. The van der Waals surface area contributed by atoms with Crippen LogP contribution in [0.1, 0.15) is 55.9 Å². The van der Waals surface area contributed by atoms with Gasteiger partial charge in [-0.15, -0.1) is 0 Å². The third-order valence-electron chi connectivity index (χ3n) is 4.95. The first-order chi connectivity index (χ1) is 15.6. The maximum absolute atomic E-state index is 12.3. The lowest BCUT2D eigenvalue weighted by molar-refractivity contribution is -0.127. The molecule has 0 bridgehead atoms. The summed E-state index contributed by atoms with van der Waals surface area (Å²) in [7, 11) is 0. The van der Waals surface area contributed by atoms with Gasteiger partial charge in [0.25, 0.3) is 6.47 Å². The lowest BCUT2D eigenvalue weighted by atomic mass is 9.88.